The van der Waals surface area contributed by atoms with E-state index in [-0.39, 0.29) is 37.8 Å². The molecule has 0 atom stereocenters. The summed E-state index contributed by atoms with van der Waals surface area (Å²) in [5.74, 6) is -1.33. The van der Waals surface area contributed by atoms with Crippen LogP contribution in [0.4, 0.5) is 10.5 Å². The maximum absolute atomic E-state index is 13.1. The second-order valence-electron chi connectivity index (χ2n) is 5.88. The largest absolute Gasteiger partial charge is 0.452 e. The molecule has 3 aromatic rings. The van der Waals surface area contributed by atoms with Crippen LogP contribution in [-0.4, -0.2) is 39.8 Å². The van der Waals surface area contributed by atoms with E-state index in [1.807, 2.05) is 5.43 Å². The first kappa shape index (κ1) is 23.8. The van der Waals surface area contributed by atoms with Crippen LogP contribution in [0.15, 0.2) is 41.1 Å². The Bertz CT molecular complexity index is 1220. The van der Waals surface area contributed by atoms with Gasteiger partial charge in [0.2, 0.25) is 0 Å². The fourth-order valence-electron chi connectivity index (χ4n) is 2.50. The summed E-state index contributed by atoms with van der Waals surface area (Å²) in [6, 6.07) is 7.40. The number of nitrogens with one attached hydrogen (secondary N) is 3. The number of carbonyl (C=O) groups is 3. The molecule has 0 bridgehead atoms. The van der Waals surface area contributed by atoms with Crippen LogP contribution in [0, 0.1) is 0 Å². The van der Waals surface area contributed by atoms with Crippen molar-refractivity contribution < 1.29 is 19.1 Å². The Morgan fingerprint density at radius 3 is 2.44 bits per heavy atom. The lowest BCUT2D eigenvalue weighted by atomic mass is 10.1. The number of benzene rings is 1. The van der Waals surface area contributed by atoms with E-state index in [1.165, 1.54) is 29.1 Å². The maximum Gasteiger partial charge on any atom is 0.425 e. The van der Waals surface area contributed by atoms with Crippen LogP contribution in [0.25, 0.3) is 5.82 Å². The van der Waals surface area contributed by atoms with E-state index in [9.17, 15) is 14.4 Å². The topological polar surface area (TPSA) is 127 Å². The standard InChI is InChI=1S/C18H12BrCl3N6O4/c1-32-18(31)26-25-17(30)13-8(20)4-5-9(21)14(13)24-16(29)11-7-12(19)27-28(11)15-10(22)3-2-6-23-15/h2-7H,1H3,(H,24,29)(H,25,30)(H,26,31). The van der Waals surface area contributed by atoms with Gasteiger partial charge in [0.25, 0.3) is 11.8 Å². The van der Waals surface area contributed by atoms with Gasteiger partial charge >= 0.3 is 6.09 Å². The molecule has 166 valence electrons. The van der Waals surface area contributed by atoms with Gasteiger partial charge in [0.1, 0.15) is 10.3 Å². The van der Waals surface area contributed by atoms with Crippen LogP contribution in [0.2, 0.25) is 15.1 Å². The van der Waals surface area contributed by atoms with Crippen LogP contribution >= 0.6 is 50.7 Å². The average molecular weight is 563 g/mol. The zero-order chi connectivity index (χ0) is 23.4. The third-order valence-corrected chi connectivity index (χ3v) is 5.20. The van der Waals surface area contributed by atoms with E-state index >= 15 is 0 Å². The Morgan fingerprint density at radius 2 is 1.75 bits per heavy atom. The van der Waals surface area contributed by atoms with E-state index in [2.05, 4.69) is 41.5 Å². The van der Waals surface area contributed by atoms with Gasteiger partial charge in [0.05, 0.1) is 33.4 Å². The van der Waals surface area contributed by atoms with Crippen molar-refractivity contribution in [3.8, 4) is 5.82 Å². The van der Waals surface area contributed by atoms with E-state index in [0.29, 0.717) is 4.60 Å². The minimum absolute atomic E-state index is 0.0203. The molecular formula is C18H12BrCl3N6O4. The molecule has 0 aliphatic heterocycles. The number of methoxy groups -OCH3 is 1. The molecule has 0 spiro atoms. The van der Waals surface area contributed by atoms with Crippen LogP contribution in [-0.2, 0) is 4.74 Å². The number of hydrogen-bond acceptors (Lipinski definition) is 6. The van der Waals surface area contributed by atoms with Gasteiger partial charge in [-0.05, 0) is 40.2 Å². The minimum atomic E-state index is -0.914. The van der Waals surface area contributed by atoms with Gasteiger partial charge in [0.15, 0.2) is 5.82 Å². The third kappa shape index (κ3) is 5.13. The first-order valence-corrected chi connectivity index (χ1v) is 10.5. The highest BCUT2D eigenvalue weighted by atomic mass is 79.9. The zero-order valence-corrected chi connectivity index (χ0v) is 19.8. The fraction of sp³-hybridized carbons (Fsp3) is 0.0556. The molecule has 0 unspecified atom stereocenters. The van der Waals surface area contributed by atoms with Gasteiger partial charge < -0.3 is 10.1 Å². The van der Waals surface area contributed by atoms with Crippen molar-refractivity contribution in [1.29, 1.82) is 0 Å². The van der Waals surface area contributed by atoms with Crippen molar-refractivity contribution in [1.82, 2.24) is 25.6 Å². The van der Waals surface area contributed by atoms with Crippen molar-refractivity contribution in [3.05, 3.63) is 67.5 Å². The van der Waals surface area contributed by atoms with Crippen LogP contribution in [0.1, 0.15) is 20.8 Å². The summed E-state index contributed by atoms with van der Waals surface area (Å²) in [5, 5.41) is 6.98. The van der Waals surface area contributed by atoms with Crippen molar-refractivity contribution >= 4 is 74.3 Å². The third-order valence-electron chi connectivity index (χ3n) is 3.88. The summed E-state index contributed by atoms with van der Waals surface area (Å²) in [5.41, 5.74) is 3.87. The van der Waals surface area contributed by atoms with Gasteiger partial charge in [-0.1, -0.05) is 34.8 Å². The Labute approximate surface area is 204 Å². The van der Waals surface area contributed by atoms with Gasteiger partial charge in [-0.15, -0.1) is 0 Å². The summed E-state index contributed by atoms with van der Waals surface area (Å²) >= 11 is 21.8. The summed E-state index contributed by atoms with van der Waals surface area (Å²) in [6.45, 7) is 0. The number of anilines is 1. The normalized spacial score (nSPS) is 10.4. The molecule has 0 fully saturated rings. The van der Waals surface area contributed by atoms with Crippen LogP contribution in [0.3, 0.4) is 0 Å². The van der Waals surface area contributed by atoms with Crippen LogP contribution < -0.4 is 16.2 Å². The highest BCUT2D eigenvalue weighted by molar-refractivity contribution is 9.10. The molecule has 3 amide bonds. The van der Waals surface area contributed by atoms with Crippen LogP contribution in [0.5, 0.6) is 0 Å². The lowest BCUT2D eigenvalue weighted by Crippen LogP contribution is -2.42. The van der Waals surface area contributed by atoms with E-state index in [1.54, 1.807) is 12.1 Å². The summed E-state index contributed by atoms with van der Waals surface area (Å²) in [4.78, 5) is 41.1. The molecule has 3 rings (SSSR count). The number of rotatable bonds is 4. The number of pyridine rings is 1. The number of hydrazine groups is 1. The molecule has 0 aliphatic rings. The Hall–Kier alpha value is -2.86. The molecule has 1 aromatic carbocycles. The molecular weight excluding hydrogens is 550 g/mol. The number of hydrogen-bond donors (Lipinski definition) is 3. The van der Waals surface area contributed by atoms with Crippen molar-refractivity contribution in [3.63, 3.8) is 0 Å². The second-order valence-corrected chi connectivity index (χ2v) is 7.91. The number of ether oxygens (including phenoxy) is 1. The predicted molar refractivity (Wildman–Crippen MR) is 121 cm³/mol. The molecule has 14 heteroatoms. The number of amides is 3. The molecule has 2 aromatic heterocycles. The molecule has 0 saturated heterocycles. The second kappa shape index (κ2) is 10.2. The maximum atomic E-state index is 13.1. The van der Waals surface area contributed by atoms with E-state index in [0.717, 1.165) is 7.11 Å². The van der Waals surface area contributed by atoms with Crippen molar-refractivity contribution in [2.24, 2.45) is 0 Å². The van der Waals surface area contributed by atoms with Gasteiger partial charge in [-0.2, -0.15) is 5.10 Å². The highest BCUT2D eigenvalue weighted by Gasteiger charge is 2.24. The van der Waals surface area contributed by atoms with E-state index in [4.69, 9.17) is 34.8 Å². The summed E-state index contributed by atoms with van der Waals surface area (Å²) in [6.07, 6.45) is 0.575. The molecule has 32 heavy (non-hydrogen) atoms. The Morgan fingerprint density at radius 1 is 1.03 bits per heavy atom. The van der Waals surface area contributed by atoms with Gasteiger partial charge in [-0.25, -0.2) is 19.9 Å². The zero-order valence-electron chi connectivity index (χ0n) is 16.0. The number of aromatic nitrogens is 3. The lowest BCUT2D eigenvalue weighted by Gasteiger charge is -2.15. The number of carbonyl (C=O) groups excluding carboxylic acids is 3. The average Bonchev–Trinajstić information content (AvgIpc) is 3.16. The lowest BCUT2D eigenvalue weighted by molar-refractivity contribution is 0.0921. The quantitative estimate of drug-likeness (QED) is 0.408. The number of halogens is 4. The van der Waals surface area contributed by atoms with Crippen molar-refractivity contribution in [2.75, 3.05) is 12.4 Å². The molecule has 2 heterocycles. The Balaban J connectivity index is 1.98. The van der Waals surface area contributed by atoms with Gasteiger partial charge in [0, 0.05) is 12.3 Å². The van der Waals surface area contributed by atoms with Crippen molar-refractivity contribution in [2.45, 2.75) is 0 Å². The Kier molecular flexibility index (Phi) is 7.56. The summed E-state index contributed by atoms with van der Waals surface area (Å²) in [7, 11) is 1.12. The summed E-state index contributed by atoms with van der Waals surface area (Å²) < 4.78 is 5.94. The monoisotopic (exact) mass is 560 g/mol. The first-order valence-electron chi connectivity index (χ1n) is 8.53. The van der Waals surface area contributed by atoms with E-state index < -0.39 is 17.9 Å². The molecule has 10 nitrogen and oxygen atoms in total. The minimum Gasteiger partial charge on any atom is -0.452 e. The van der Waals surface area contributed by atoms with Gasteiger partial charge in [-0.3, -0.25) is 15.0 Å². The fourth-order valence-corrected chi connectivity index (χ4v) is 3.53. The molecule has 3 N–H and O–H groups in total. The SMILES string of the molecule is COC(=O)NNC(=O)c1c(Cl)ccc(Cl)c1NC(=O)c1cc(Br)nn1-c1ncccc1Cl. The number of nitrogens with zero attached hydrogens (tertiary/aromatic N) is 3. The predicted octanol–water partition coefficient (Wildman–Crippen LogP) is 4.24. The molecule has 0 radical (unpaired) electrons. The first-order chi connectivity index (χ1) is 15.2. The highest BCUT2D eigenvalue weighted by Crippen LogP contribution is 2.32. The molecule has 0 aliphatic carbocycles. The smallest absolute Gasteiger partial charge is 0.425 e. The molecule has 0 saturated carbocycles.